The van der Waals surface area contributed by atoms with E-state index in [2.05, 4.69) is 4.98 Å². The summed E-state index contributed by atoms with van der Waals surface area (Å²) in [4.78, 5) is 30.2. The number of rotatable bonds is 3. The van der Waals surface area contributed by atoms with Gasteiger partial charge in [0.1, 0.15) is 11.3 Å². The van der Waals surface area contributed by atoms with Crippen molar-refractivity contribution >= 4 is 23.0 Å². The number of methoxy groups -OCH3 is 1. The van der Waals surface area contributed by atoms with Gasteiger partial charge in [-0.25, -0.2) is 9.59 Å². The van der Waals surface area contributed by atoms with Gasteiger partial charge in [0.2, 0.25) is 0 Å². The van der Waals surface area contributed by atoms with Gasteiger partial charge in [0.05, 0.1) is 24.2 Å². The van der Waals surface area contributed by atoms with E-state index in [9.17, 15) is 9.59 Å². The van der Waals surface area contributed by atoms with Gasteiger partial charge in [0, 0.05) is 36.4 Å². The Bertz CT molecular complexity index is 1110. The van der Waals surface area contributed by atoms with Crippen LogP contribution in [-0.4, -0.2) is 57.5 Å². The Hall–Kier alpha value is -3.42. The highest BCUT2D eigenvalue weighted by atomic mass is 16.6. The van der Waals surface area contributed by atoms with Gasteiger partial charge < -0.3 is 14.4 Å². The fraction of sp³-hybridized carbons (Fsp3) is 0.391. The summed E-state index contributed by atoms with van der Waals surface area (Å²) in [6.45, 7) is 6.75. The largest absolute Gasteiger partial charge is 0.465 e. The Balaban J connectivity index is 1.63. The summed E-state index contributed by atoms with van der Waals surface area (Å²) in [5, 5.41) is 5.81. The number of ether oxygens (including phenoxy) is 2. The molecule has 0 radical (unpaired) electrons. The Morgan fingerprint density at radius 3 is 2.55 bits per heavy atom. The lowest BCUT2D eigenvalue weighted by Crippen LogP contribution is -2.35. The molecule has 1 amide bonds. The summed E-state index contributed by atoms with van der Waals surface area (Å²) in [6.07, 6.45) is 4.03. The molecule has 1 fully saturated rings. The van der Waals surface area contributed by atoms with Crippen LogP contribution in [0.4, 0.5) is 4.79 Å². The minimum absolute atomic E-state index is 0.0421. The number of esters is 1. The number of hydrogen-bond acceptors (Lipinski definition) is 6. The molecule has 2 aromatic heterocycles. The number of carbonyl (C=O) groups excluding carboxylic acids is 2. The van der Waals surface area contributed by atoms with E-state index in [0.717, 1.165) is 28.6 Å². The van der Waals surface area contributed by atoms with Gasteiger partial charge in [0.15, 0.2) is 0 Å². The SMILES string of the molecule is COC(=O)c1ccc(-c2nn(C3CCN(C(=O)OC(C)(C)C)C3)c3ccncc23)cc1. The summed E-state index contributed by atoms with van der Waals surface area (Å²) in [5.41, 5.74) is 2.58. The third-order valence-electron chi connectivity index (χ3n) is 5.25. The van der Waals surface area contributed by atoms with Gasteiger partial charge in [0.25, 0.3) is 0 Å². The highest BCUT2D eigenvalue weighted by Crippen LogP contribution is 2.32. The smallest absolute Gasteiger partial charge is 0.410 e. The zero-order valence-corrected chi connectivity index (χ0v) is 18.2. The van der Waals surface area contributed by atoms with Crippen molar-refractivity contribution in [2.75, 3.05) is 20.2 Å². The number of nitrogens with zero attached hydrogens (tertiary/aromatic N) is 4. The van der Waals surface area contributed by atoms with E-state index in [-0.39, 0.29) is 18.1 Å². The second-order valence-electron chi connectivity index (χ2n) is 8.62. The highest BCUT2D eigenvalue weighted by molar-refractivity contribution is 5.94. The van der Waals surface area contributed by atoms with Gasteiger partial charge in [-0.1, -0.05) is 12.1 Å². The molecule has 162 valence electrons. The molecule has 1 aliphatic heterocycles. The van der Waals surface area contributed by atoms with Crippen molar-refractivity contribution in [3.05, 3.63) is 48.3 Å². The van der Waals surface area contributed by atoms with E-state index in [4.69, 9.17) is 14.6 Å². The summed E-state index contributed by atoms with van der Waals surface area (Å²) in [5.74, 6) is -0.378. The quantitative estimate of drug-likeness (QED) is 0.592. The van der Waals surface area contributed by atoms with Crippen LogP contribution in [0.3, 0.4) is 0 Å². The molecule has 8 nitrogen and oxygen atoms in total. The van der Waals surface area contributed by atoms with Crippen LogP contribution in [0.25, 0.3) is 22.2 Å². The Morgan fingerprint density at radius 1 is 1.13 bits per heavy atom. The lowest BCUT2D eigenvalue weighted by molar-refractivity contribution is 0.0288. The van der Waals surface area contributed by atoms with Gasteiger partial charge in [-0.2, -0.15) is 5.10 Å². The summed E-state index contributed by atoms with van der Waals surface area (Å²) >= 11 is 0. The van der Waals surface area contributed by atoms with Gasteiger partial charge in [-0.05, 0) is 45.4 Å². The maximum Gasteiger partial charge on any atom is 0.410 e. The Kier molecular flexibility index (Phi) is 5.39. The number of pyridine rings is 1. The van der Waals surface area contributed by atoms with Crippen LogP contribution in [-0.2, 0) is 9.47 Å². The molecule has 0 N–H and O–H groups in total. The van der Waals surface area contributed by atoms with Crippen LogP contribution in [0.2, 0.25) is 0 Å². The van der Waals surface area contributed by atoms with Crippen molar-refractivity contribution in [3.8, 4) is 11.3 Å². The molecule has 0 spiro atoms. The Labute approximate surface area is 180 Å². The molecule has 3 aromatic rings. The number of likely N-dealkylation sites (tertiary alicyclic amines) is 1. The molecule has 1 saturated heterocycles. The van der Waals surface area contributed by atoms with E-state index >= 15 is 0 Å². The maximum absolute atomic E-state index is 12.5. The first-order valence-corrected chi connectivity index (χ1v) is 10.3. The van der Waals surface area contributed by atoms with Crippen molar-refractivity contribution in [2.45, 2.75) is 38.8 Å². The standard InChI is InChI=1S/C23H26N4O4/c1-23(2,3)31-22(29)26-12-10-17(14-26)27-19-9-11-24-13-18(19)20(25-27)15-5-7-16(8-6-15)21(28)30-4/h5-9,11,13,17H,10,12,14H2,1-4H3. The van der Waals surface area contributed by atoms with Crippen LogP contribution in [0.1, 0.15) is 43.6 Å². The van der Waals surface area contributed by atoms with E-state index in [1.165, 1.54) is 7.11 Å². The van der Waals surface area contributed by atoms with Crippen molar-refractivity contribution < 1.29 is 19.1 Å². The molecule has 8 heteroatoms. The summed E-state index contributed by atoms with van der Waals surface area (Å²) in [7, 11) is 1.36. The zero-order chi connectivity index (χ0) is 22.2. The average molecular weight is 422 g/mol. The molecular weight excluding hydrogens is 396 g/mol. The molecule has 0 aliphatic carbocycles. The minimum atomic E-state index is -0.525. The molecule has 1 aromatic carbocycles. The van der Waals surface area contributed by atoms with Crippen LogP contribution in [0, 0.1) is 0 Å². The third-order valence-corrected chi connectivity index (χ3v) is 5.25. The molecule has 3 heterocycles. The molecule has 1 aliphatic rings. The predicted molar refractivity (Wildman–Crippen MR) is 116 cm³/mol. The number of aromatic nitrogens is 3. The van der Waals surface area contributed by atoms with Gasteiger partial charge in [-0.3, -0.25) is 9.67 Å². The number of hydrogen-bond donors (Lipinski definition) is 0. The number of carbonyl (C=O) groups is 2. The maximum atomic E-state index is 12.5. The molecule has 1 unspecified atom stereocenters. The van der Waals surface area contributed by atoms with Crippen LogP contribution >= 0.6 is 0 Å². The fourth-order valence-corrected chi connectivity index (χ4v) is 3.79. The predicted octanol–water partition coefficient (Wildman–Crippen LogP) is 4.07. The van der Waals surface area contributed by atoms with Crippen LogP contribution < -0.4 is 0 Å². The minimum Gasteiger partial charge on any atom is -0.465 e. The molecule has 0 bridgehead atoms. The normalized spacial score (nSPS) is 16.5. The molecule has 31 heavy (non-hydrogen) atoms. The summed E-state index contributed by atoms with van der Waals surface area (Å²) < 4.78 is 12.3. The topological polar surface area (TPSA) is 86.6 Å². The second-order valence-corrected chi connectivity index (χ2v) is 8.62. The lowest BCUT2D eigenvalue weighted by atomic mass is 10.1. The van der Waals surface area contributed by atoms with E-state index in [1.807, 2.05) is 43.7 Å². The number of benzene rings is 1. The van der Waals surface area contributed by atoms with Gasteiger partial charge >= 0.3 is 12.1 Å². The monoisotopic (exact) mass is 422 g/mol. The first-order chi connectivity index (χ1) is 14.8. The first-order valence-electron chi connectivity index (χ1n) is 10.3. The average Bonchev–Trinajstić information content (AvgIpc) is 3.37. The van der Waals surface area contributed by atoms with Crippen molar-refractivity contribution in [1.29, 1.82) is 0 Å². The molecule has 4 rings (SSSR count). The third kappa shape index (κ3) is 4.23. The molecule has 1 atom stereocenters. The molecular formula is C23H26N4O4. The molecule has 0 saturated carbocycles. The van der Waals surface area contributed by atoms with E-state index in [0.29, 0.717) is 18.7 Å². The van der Waals surface area contributed by atoms with E-state index in [1.54, 1.807) is 29.4 Å². The fourth-order valence-electron chi connectivity index (χ4n) is 3.79. The van der Waals surface area contributed by atoms with Crippen molar-refractivity contribution in [3.63, 3.8) is 0 Å². The summed E-state index contributed by atoms with van der Waals surface area (Å²) in [6, 6.07) is 9.13. The van der Waals surface area contributed by atoms with Crippen molar-refractivity contribution in [1.82, 2.24) is 19.7 Å². The van der Waals surface area contributed by atoms with Crippen LogP contribution in [0.15, 0.2) is 42.7 Å². The number of fused-ring (bicyclic) bond motifs is 1. The highest BCUT2D eigenvalue weighted by Gasteiger charge is 2.32. The second kappa shape index (κ2) is 8.02. The first kappa shape index (κ1) is 20.8. The number of amides is 1. The Morgan fingerprint density at radius 2 is 1.87 bits per heavy atom. The zero-order valence-electron chi connectivity index (χ0n) is 18.2. The van der Waals surface area contributed by atoms with Gasteiger partial charge in [-0.15, -0.1) is 0 Å². The van der Waals surface area contributed by atoms with E-state index < -0.39 is 5.60 Å². The van der Waals surface area contributed by atoms with Crippen LogP contribution in [0.5, 0.6) is 0 Å². The lowest BCUT2D eigenvalue weighted by Gasteiger charge is -2.24. The van der Waals surface area contributed by atoms with Crippen molar-refractivity contribution in [2.24, 2.45) is 0 Å².